The van der Waals surface area contributed by atoms with E-state index in [-0.39, 0.29) is 0 Å². The van der Waals surface area contributed by atoms with Crippen molar-refractivity contribution in [2.45, 2.75) is 0 Å². The van der Waals surface area contributed by atoms with Gasteiger partial charge in [-0.15, -0.1) is 22.7 Å². The van der Waals surface area contributed by atoms with Crippen LogP contribution in [0.5, 0.6) is 0 Å². The molecule has 0 fully saturated rings. The highest BCUT2D eigenvalue weighted by Gasteiger charge is 2.18. The normalized spacial score (nSPS) is 11.9. The maximum Gasteiger partial charge on any atom is 0.165 e. The summed E-state index contributed by atoms with van der Waals surface area (Å²) in [5, 5.41) is 7.40. The molecule has 7 aromatic carbocycles. The predicted molar refractivity (Wildman–Crippen MR) is 217 cm³/mol. The van der Waals surface area contributed by atoms with Crippen molar-refractivity contribution in [1.82, 2.24) is 19.9 Å². The fourth-order valence-electron chi connectivity index (χ4n) is 7.46. The molecular formula is C45H26N4S2. The Hall–Kier alpha value is -6.21. The van der Waals surface area contributed by atoms with Crippen LogP contribution in [0, 0.1) is 0 Å². The first-order valence-corrected chi connectivity index (χ1v) is 18.6. The lowest BCUT2D eigenvalue weighted by Gasteiger charge is -2.09. The minimum absolute atomic E-state index is 0.665. The summed E-state index contributed by atoms with van der Waals surface area (Å²) in [5.41, 5.74) is 7.66. The largest absolute Gasteiger partial charge is 0.354 e. The Labute approximate surface area is 300 Å². The zero-order valence-corrected chi connectivity index (χ0v) is 28.7. The Morgan fingerprint density at radius 3 is 1.86 bits per heavy atom. The van der Waals surface area contributed by atoms with Gasteiger partial charge in [0.2, 0.25) is 0 Å². The first-order valence-electron chi connectivity index (χ1n) is 16.9. The quantitative estimate of drug-likeness (QED) is 0.200. The highest BCUT2D eigenvalue weighted by atomic mass is 32.1. The van der Waals surface area contributed by atoms with Crippen molar-refractivity contribution >= 4 is 84.8 Å². The molecule has 4 heterocycles. The molecule has 0 aliphatic carbocycles. The summed E-state index contributed by atoms with van der Waals surface area (Å²) in [6, 6.07) is 53.8. The SMILES string of the molecule is c1ccc(-c2nc(-c3ccc4sc5ccccc5c4c3)nc(-c3cccc4c3sc3ccc(-c5cccc6c5[nH]c5ccccc56)cc34)n2)cc1. The van der Waals surface area contributed by atoms with Crippen LogP contribution in [-0.2, 0) is 0 Å². The second kappa shape index (κ2) is 11.2. The molecule has 0 amide bonds. The van der Waals surface area contributed by atoms with E-state index < -0.39 is 0 Å². The monoisotopic (exact) mass is 686 g/mol. The van der Waals surface area contributed by atoms with Gasteiger partial charge >= 0.3 is 0 Å². The first-order chi connectivity index (χ1) is 25.2. The van der Waals surface area contributed by atoms with Crippen molar-refractivity contribution in [3.05, 3.63) is 152 Å². The van der Waals surface area contributed by atoms with Gasteiger partial charge in [-0.25, -0.2) is 15.0 Å². The van der Waals surface area contributed by atoms with Crippen LogP contribution >= 0.6 is 22.7 Å². The Morgan fingerprint density at radius 1 is 0.373 bits per heavy atom. The molecule has 4 nitrogen and oxygen atoms in total. The van der Waals surface area contributed by atoms with Gasteiger partial charge in [0.05, 0.1) is 5.52 Å². The van der Waals surface area contributed by atoms with Gasteiger partial charge in [0.1, 0.15) is 0 Å². The standard InChI is InChI=1S/C45H26N4S2/c1-2-10-26(11-3-1)43-47-44(28-21-23-39-35(25-28)31-13-5-7-19-38(31)50-39)49-45(48-43)34-17-9-16-33-36-24-27(20-22-40(36)51-42(33)34)29-14-8-15-32-30-12-4-6-18-37(30)46-41(29)32/h1-25,46H. The Balaban J connectivity index is 1.09. The molecule has 0 unspecified atom stereocenters. The van der Waals surface area contributed by atoms with Crippen molar-refractivity contribution in [2.24, 2.45) is 0 Å². The maximum atomic E-state index is 5.19. The number of hydrogen-bond donors (Lipinski definition) is 1. The first kappa shape index (κ1) is 28.6. The number of aromatic nitrogens is 4. The summed E-state index contributed by atoms with van der Waals surface area (Å²) in [6.07, 6.45) is 0. The summed E-state index contributed by atoms with van der Waals surface area (Å²) in [4.78, 5) is 19.1. The number of nitrogens with zero attached hydrogens (tertiary/aromatic N) is 3. The summed E-state index contributed by atoms with van der Waals surface area (Å²) < 4.78 is 4.94. The minimum Gasteiger partial charge on any atom is -0.354 e. The third kappa shape index (κ3) is 4.54. The number of thiophene rings is 2. The molecule has 0 bridgehead atoms. The number of H-pyrrole nitrogens is 1. The van der Waals surface area contributed by atoms with Gasteiger partial charge in [-0.3, -0.25) is 0 Å². The number of aromatic amines is 1. The van der Waals surface area contributed by atoms with Gasteiger partial charge in [-0.2, -0.15) is 0 Å². The molecule has 11 rings (SSSR count). The number of para-hydroxylation sites is 2. The molecule has 0 saturated carbocycles. The highest BCUT2D eigenvalue weighted by molar-refractivity contribution is 7.26. The molecule has 6 heteroatoms. The Morgan fingerprint density at radius 2 is 0.980 bits per heavy atom. The molecular weight excluding hydrogens is 661 g/mol. The molecule has 0 spiro atoms. The Bertz CT molecular complexity index is 3150. The molecule has 0 saturated heterocycles. The lowest BCUT2D eigenvalue weighted by molar-refractivity contribution is 1.08. The highest BCUT2D eigenvalue weighted by Crippen LogP contribution is 2.43. The fourth-order valence-corrected chi connectivity index (χ4v) is 9.74. The van der Waals surface area contributed by atoms with E-state index in [1.807, 2.05) is 29.5 Å². The van der Waals surface area contributed by atoms with E-state index in [0.717, 1.165) is 27.7 Å². The molecule has 0 radical (unpaired) electrons. The second-order valence-electron chi connectivity index (χ2n) is 12.9. The smallest absolute Gasteiger partial charge is 0.165 e. The van der Waals surface area contributed by atoms with E-state index >= 15 is 0 Å². The summed E-state index contributed by atoms with van der Waals surface area (Å²) in [6.45, 7) is 0. The minimum atomic E-state index is 0.665. The molecule has 0 atom stereocenters. The van der Waals surface area contributed by atoms with Crippen LogP contribution in [0.25, 0.3) is 107 Å². The summed E-state index contributed by atoms with van der Waals surface area (Å²) >= 11 is 3.61. The maximum absolute atomic E-state index is 5.19. The van der Waals surface area contributed by atoms with Crippen molar-refractivity contribution in [1.29, 1.82) is 0 Å². The number of fused-ring (bicyclic) bond motifs is 9. The van der Waals surface area contributed by atoms with E-state index in [1.165, 1.54) is 62.2 Å². The van der Waals surface area contributed by atoms with Gasteiger partial charge < -0.3 is 4.98 Å². The topological polar surface area (TPSA) is 54.5 Å². The average Bonchev–Trinajstić information content (AvgIpc) is 3.89. The van der Waals surface area contributed by atoms with Gasteiger partial charge in [0.25, 0.3) is 0 Å². The van der Waals surface area contributed by atoms with Gasteiger partial charge in [-0.1, -0.05) is 103 Å². The molecule has 1 N–H and O–H groups in total. The van der Waals surface area contributed by atoms with Crippen molar-refractivity contribution in [3.63, 3.8) is 0 Å². The molecule has 0 aliphatic heterocycles. The Kier molecular flexibility index (Phi) is 6.26. The average molecular weight is 687 g/mol. The van der Waals surface area contributed by atoms with Crippen LogP contribution in [0.15, 0.2) is 152 Å². The van der Waals surface area contributed by atoms with Crippen LogP contribution in [0.3, 0.4) is 0 Å². The third-order valence-electron chi connectivity index (χ3n) is 9.89. The van der Waals surface area contributed by atoms with Crippen LogP contribution in [0.1, 0.15) is 0 Å². The van der Waals surface area contributed by atoms with Crippen LogP contribution < -0.4 is 0 Å². The number of nitrogens with one attached hydrogen (secondary N) is 1. The van der Waals surface area contributed by atoms with Gasteiger partial charge in [-0.05, 0) is 54.1 Å². The molecule has 0 aliphatic rings. The molecule has 4 aromatic heterocycles. The lowest BCUT2D eigenvalue weighted by Crippen LogP contribution is -2.00. The zero-order valence-electron chi connectivity index (χ0n) is 27.1. The number of benzene rings is 7. The number of hydrogen-bond acceptors (Lipinski definition) is 5. The third-order valence-corrected chi connectivity index (χ3v) is 12.3. The van der Waals surface area contributed by atoms with E-state index in [0.29, 0.717) is 17.5 Å². The van der Waals surface area contributed by atoms with E-state index in [9.17, 15) is 0 Å². The second-order valence-corrected chi connectivity index (χ2v) is 15.0. The zero-order chi connectivity index (χ0) is 33.5. The number of rotatable bonds is 4. The van der Waals surface area contributed by atoms with Crippen LogP contribution in [0.4, 0.5) is 0 Å². The van der Waals surface area contributed by atoms with Crippen molar-refractivity contribution in [2.75, 3.05) is 0 Å². The van der Waals surface area contributed by atoms with E-state index in [2.05, 4.69) is 138 Å². The predicted octanol–water partition coefficient (Wildman–Crippen LogP) is 12.9. The van der Waals surface area contributed by atoms with Crippen LogP contribution in [-0.4, -0.2) is 19.9 Å². The van der Waals surface area contributed by atoms with E-state index in [4.69, 9.17) is 15.0 Å². The summed E-state index contributed by atoms with van der Waals surface area (Å²) in [5.74, 6) is 2.01. The fraction of sp³-hybridized carbons (Fsp3) is 0. The molecule has 238 valence electrons. The van der Waals surface area contributed by atoms with Crippen LogP contribution in [0.2, 0.25) is 0 Å². The van der Waals surface area contributed by atoms with Gasteiger partial charge in [0.15, 0.2) is 17.5 Å². The summed E-state index contributed by atoms with van der Waals surface area (Å²) in [7, 11) is 0. The van der Waals surface area contributed by atoms with Gasteiger partial charge in [0, 0.05) is 78.9 Å². The lowest BCUT2D eigenvalue weighted by atomic mass is 9.99. The molecule has 11 aromatic rings. The van der Waals surface area contributed by atoms with Crippen molar-refractivity contribution in [3.8, 4) is 45.3 Å². The molecule has 51 heavy (non-hydrogen) atoms. The van der Waals surface area contributed by atoms with E-state index in [1.54, 1.807) is 11.3 Å². The van der Waals surface area contributed by atoms with Crippen molar-refractivity contribution < 1.29 is 0 Å².